The molecule has 22 nitrogen and oxygen atoms in total. The lowest BCUT2D eigenvalue weighted by atomic mass is 9.82. The number of likely N-dealkylation sites (N-methyl/N-ethyl adjacent to an activating group) is 7. The molecule has 518 valence electrons. The minimum absolute atomic E-state index is 0.0254. The molecule has 0 aromatic heterocycles. The molecule has 1 N–H and O–H groups in total. The van der Waals surface area contributed by atoms with Crippen LogP contribution in [0.3, 0.4) is 0 Å². The fourth-order valence-corrected chi connectivity index (χ4v) is 12.5. The van der Waals surface area contributed by atoms with Gasteiger partial charge >= 0.3 is 5.97 Å². The fourth-order valence-electron chi connectivity index (χ4n) is 12.5. The van der Waals surface area contributed by atoms with E-state index in [4.69, 9.17) is 4.74 Å². The number of ketones is 3. The molecule has 1 aliphatic heterocycles. The Morgan fingerprint density at radius 2 is 0.989 bits per heavy atom. The number of nitrogens with one attached hydrogen (secondary N) is 1. The normalized spacial score (nSPS) is 27.2. The summed E-state index contributed by atoms with van der Waals surface area (Å²) in [6, 6.07) is -10.0. The smallest absolute Gasteiger partial charge is 0.303 e. The molecule has 1 heterocycles. The summed E-state index contributed by atoms with van der Waals surface area (Å²) in [6.07, 6.45) is 3.12. The highest BCUT2D eigenvalue weighted by atomic mass is 16.5. The quantitative estimate of drug-likeness (QED) is 0.0818. The average Bonchev–Trinajstić information content (AvgIpc) is 1.55. The summed E-state index contributed by atoms with van der Waals surface area (Å²) in [5, 5.41) is 2.81. The summed E-state index contributed by atoms with van der Waals surface area (Å²) in [7, 11) is 10.0. The van der Waals surface area contributed by atoms with E-state index >= 15 is 19.2 Å². The molecule has 0 bridgehead atoms. The molecular weight excluding hydrogens is 1160 g/mol. The SMILES string of the molecule is C/C=C/C[C@@H](C)[C@@H](OC(C)=O)[C@H]1C(=O)N[C@@H](CC)C(=O)N(C)[C@H](C)C(=O)N(C)[C@@H]([C@H](C)CCC=O)C(=O)C[C@@H](C(C)C)C(=O)N(C)[C@@H](CC(C)C)C(=O)C[C@@H](C)C(=O)C[C@H](C)C(=O)N(C)[C@@H](CC(C)C)C(=O)N(C)[C@@H](CC(C)C)C(=O)N(C)[C@@H](C(C)C)C(=O)N1C. The zero-order chi connectivity index (χ0) is 70.5. The van der Waals surface area contributed by atoms with Gasteiger partial charge in [-0.3, -0.25) is 57.5 Å². The third-order valence-electron chi connectivity index (χ3n) is 18.3. The minimum atomic E-state index is -1.62. The molecular formula is C69H118N8O14. The molecule has 1 saturated heterocycles. The van der Waals surface area contributed by atoms with Crippen molar-refractivity contribution < 1.29 is 67.1 Å². The van der Waals surface area contributed by atoms with Crippen molar-refractivity contribution in [3.8, 4) is 0 Å². The van der Waals surface area contributed by atoms with Gasteiger partial charge in [0.2, 0.25) is 47.3 Å². The van der Waals surface area contributed by atoms with Crippen molar-refractivity contribution in [3.05, 3.63) is 12.2 Å². The maximum atomic E-state index is 15.5. The van der Waals surface area contributed by atoms with Crippen LogP contribution in [0, 0.1) is 59.2 Å². The van der Waals surface area contributed by atoms with E-state index in [1.807, 2.05) is 47.6 Å². The monoisotopic (exact) mass is 1280 g/mol. The van der Waals surface area contributed by atoms with E-state index in [2.05, 4.69) is 5.32 Å². The highest BCUT2D eigenvalue weighted by Crippen LogP contribution is 2.30. The van der Waals surface area contributed by atoms with Gasteiger partial charge in [-0.1, -0.05) is 116 Å². The number of ether oxygens (including phenoxy) is 1. The maximum absolute atomic E-state index is 15.5. The van der Waals surface area contributed by atoms with Gasteiger partial charge in [-0.2, -0.15) is 0 Å². The zero-order valence-electron chi connectivity index (χ0n) is 60.1. The third-order valence-corrected chi connectivity index (χ3v) is 18.3. The van der Waals surface area contributed by atoms with Crippen molar-refractivity contribution in [1.82, 2.24) is 39.6 Å². The Morgan fingerprint density at radius 3 is 1.45 bits per heavy atom. The number of aldehydes is 1. The van der Waals surface area contributed by atoms with Gasteiger partial charge < -0.3 is 49.1 Å². The molecule has 1 rings (SSSR count). The van der Waals surface area contributed by atoms with Gasteiger partial charge in [-0.05, 0) is 93.8 Å². The highest BCUT2D eigenvalue weighted by molar-refractivity contribution is 6.00. The van der Waals surface area contributed by atoms with E-state index in [-0.39, 0.29) is 87.7 Å². The Hall–Kier alpha value is -6.35. The highest BCUT2D eigenvalue weighted by Gasteiger charge is 2.47. The van der Waals surface area contributed by atoms with Crippen molar-refractivity contribution in [2.45, 2.75) is 243 Å². The number of esters is 1. The summed E-state index contributed by atoms with van der Waals surface area (Å²) in [4.78, 5) is 197. The topological polar surface area (TPSA) is 266 Å². The first kappa shape index (κ1) is 82.7. The first-order valence-electron chi connectivity index (χ1n) is 33.1. The van der Waals surface area contributed by atoms with Crippen LogP contribution in [0.15, 0.2) is 12.2 Å². The van der Waals surface area contributed by atoms with Gasteiger partial charge in [-0.25, -0.2) is 0 Å². The maximum Gasteiger partial charge on any atom is 0.303 e. The Labute approximate surface area is 545 Å². The van der Waals surface area contributed by atoms with E-state index in [0.29, 0.717) is 6.29 Å². The summed E-state index contributed by atoms with van der Waals surface area (Å²) in [6.45, 7) is 31.0. The molecule has 22 heteroatoms. The second-order valence-electron chi connectivity index (χ2n) is 28.0. The molecule has 1 fully saturated rings. The number of nitrogens with zero attached hydrogens (tertiary/aromatic N) is 7. The van der Waals surface area contributed by atoms with Crippen LogP contribution in [0.1, 0.15) is 189 Å². The van der Waals surface area contributed by atoms with E-state index in [9.17, 15) is 43.2 Å². The van der Waals surface area contributed by atoms with Crippen molar-refractivity contribution >= 4 is 76.9 Å². The van der Waals surface area contributed by atoms with Gasteiger partial charge in [0.15, 0.2) is 11.6 Å². The number of carbonyl (C=O) groups excluding carboxylic acids is 13. The van der Waals surface area contributed by atoms with Crippen LogP contribution in [-0.4, -0.2) is 215 Å². The second kappa shape index (κ2) is 38.0. The second-order valence-corrected chi connectivity index (χ2v) is 28.0. The van der Waals surface area contributed by atoms with Crippen molar-refractivity contribution in [1.29, 1.82) is 0 Å². The Bertz CT molecular complexity index is 2550. The molecule has 0 spiro atoms. The van der Waals surface area contributed by atoms with Gasteiger partial charge in [0.25, 0.3) is 0 Å². The number of rotatable bonds is 18. The van der Waals surface area contributed by atoms with E-state index in [0.717, 1.165) is 9.80 Å². The van der Waals surface area contributed by atoms with Gasteiger partial charge in [0, 0.05) is 99.7 Å². The van der Waals surface area contributed by atoms with Crippen LogP contribution >= 0.6 is 0 Å². The molecule has 0 unspecified atom stereocenters. The predicted octanol–water partition coefficient (Wildman–Crippen LogP) is 7.07. The Kier molecular flexibility index (Phi) is 34.5. The standard InChI is InChI=1S/C69H118N8O14/c1-26-28-30-45(14)61(91-49(18)79)60-62(83)70-51(27-2)66(87)71(19)48(17)64(85)76(24)59(44(13)31-29-32-78)57(82)38-50(42(9)10)65(86)72(20)52(33-39(3)4)56(81)36-46(15)55(80)37-47(16)63(84)73(21)53(34-40(5)6)67(88)74(22)54(35-41(7)8)68(89)75(23)58(43(11)12)69(90)77(60)25/h26,28,32,39-48,50-54,58-61H,27,29-31,33-38H2,1-25H3,(H,70,83)/b28-26+/t44-,45-,46-,47+,48-,50+,51+,52+,53+,54+,58+,59+,60+,61-/m1/s1. The molecule has 0 saturated carbocycles. The van der Waals surface area contributed by atoms with Crippen LogP contribution in [-0.2, 0) is 67.1 Å². The number of allylic oxidation sites excluding steroid dienone is 2. The molecule has 91 heavy (non-hydrogen) atoms. The zero-order valence-corrected chi connectivity index (χ0v) is 60.1. The number of hydrogen-bond acceptors (Lipinski definition) is 14. The summed E-state index contributed by atoms with van der Waals surface area (Å²) in [5.74, 6) is -12.8. The van der Waals surface area contributed by atoms with Crippen molar-refractivity contribution in [3.63, 3.8) is 0 Å². The summed E-state index contributed by atoms with van der Waals surface area (Å²) < 4.78 is 5.95. The average molecular weight is 1280 g/mol. The van der Waals surface area contributed by atoms with Crippen LogP contribution in [0.2, 0.25) is 0 Å². The largest absolute Gasteiger partial charge is 0.459 e. The molecule has 0 aliphatic carbocycles. The minimum Gasteiger partial charge on any atom is -0.459 e. The van der Waals surface area contributed by atoms with Crippen LogP contribution in [0.4, 0.5) is 0 Å². The molecule has 1 aliphatic rings. The van der Waals surface area contributed by atoms with Crippen LogP contribution in [0.25, 0.3) is 0 Å². The fraction of sp³-hybridized carbons (Fsp3) is 0.783. The third kappa shape index (κ3) is 23.0. The lowest BCUT2D eigenvalue weighted by molar-refractivity contribution is -0.164. The Morgan fingerprint density at radius 1 is 0.527 bits per heavy atom. The van der Waals surface area contributed by atoms with E-state index in [1.54, 1.807) is 75.3 Å². The predicted molar refractivity (Wildman–Crippen MR) is 351 cm³/mol. The molecule has 8 amide bonds. The number of carbonyl (C=O) groups is 13. The number of hydrogen-bond donors (Lipinski definition) is 1. The first-order chi connectivity index (χ1) is 42.1. The Balaban J connectivity index is 4.54. The first-order valence-corrected chi connectivity index (χ1v) is 33.1. The van der Waals surface area contributed by atoms with Gasteiger partial charge in [-0.15, -0.1) is 0 Å². The number of Topliss-reactive ketones (excluding diaryl/α,β-unsaturated/α-hetero) is 3. The molecule has 14 atom stereocenters. The van der Waals surface area contributed by atoms with E-state index < -0.39 is 161 Å². The lowest BCUT2D eigenvalue weighted by Gasteiger charge is -2.42. The van der Waals surface area contributed by atoms with Gasteiger partial charge in [0.1, 0.15) is 54.4 Å². The molecule has 0 aromatic carbocycles. The molecule has 0 radical (unpaired) electrons. The van der Waals surface area contributed by atoms with Crippen molar-refractivity contribution in [2.75, 3.05) is 49.3 Å². The summed E-state index contributed by atoms with van der Waals surface area (Å²) in [5.41, 5.74) is 0. The molecule has 0 aromatic rings. The van der Waals surface area contributed by atoms with Crippen LogP contribution in [0.5, 0.6) is 0 Å². The van der Waals surface area contributed by atoms with Crippen LogP contribution < -0.4 is 5.32 Å². The summed E-state index contributed by atoms with van der Waals surface area (Å²) >= 11 is 0. The number of amides is 8. The van der Waals surface area contributed by atoms with Crippen molar-refractivity contribution in [2.24, 2.45) is 59.2 Å². The van der Waals surface area contributed by atoms with E-state index in [1.165, 1.54) is 87.7 Å². The lowest BCUT2D eigenvalue weighted by Crippen LogP contribution is -2.64. The van der Waals surface area contributed by atoms with Gasteiger partial charge in [0.05, 0.1) is 12.1 Å².